The van der Waals surface area contributed by atoms with Crippen molar-refractivity contribution in [2.45, 2.75) is 31.7 Å². The number of nitrogens with zero attached hydrogens (tertiary/aromatic N) is 1. The second-order valence-corrected chi connectivity index (χ2v) is 5.84. The molecule has 2 N–H and O–H groups in total. The molecule has 1 aromatic rings. The lowest BCUT2D eigenvalue weighted by Gasteiger charge is -2.20. The highest BCUT2D eigenvalue weighted by molar-refractivity contribution is 5.94. The number of pyridine rings is 1. The first-order valence-corrected chi connectivity index (χ1v) is 8.23. The van der Waals surface area contributed by atoms with Crippen LogP contribution in [0.5, 0.6) is 5.88 Å². The largest absolute Gasteiger partial charge is 0.481 e. The Morgan fingerprint density at radius 2 is 2.12 bits per heavy atom. The number of methoxy groups -OCH3 is 2. The molecule has 7 nitrogen and oxygen atoms in total. The summed E-state index contributed by atoms with van der Waals surface area (Å²) in [5.74, 6) is 0.0689. The van der Waals surface area contributed by atoms with Crippen LogP contribution in [0.2, 0.25) is 0 Å². The van der Waals surface area contributed by atoms with E-state index in [-0.39, 0.29) is 23.8 Å². The van der Waals surface area contributed by atoms with Gasteiger partial charge in [-0.25, -0.2) is 4.98 Å². The van der Waals surface area contributed by atoms with E-state index < -0.39 is 0 Å². The van der Waals surface area contributed by atoms with Crippen LogP contribution < -0.4 is 15.4 Å². The van der Waals surface area contributed by atoms with E-state index in [1.165, 1.54) is 13.3 Å². The third-order valence-corrected chi connectivity index (χ3v) is 4.20. The molecule has 2 atom stereocenters. The molecule has 0 saturated heterocycles. The van der Waals surface area contributed by atoms with Gasteiger partial charge in [0.2, 0.25) is 11.8 Å². The smallest absolute Gasteiger partial charge is 0.253 e. The van der Waals surface area contributed by atoms with Crippen molar-refractivity contribution in [2.75, 3.05) is 27.4 Å². The van der Waals surface area contributed by atoms with E-state index >= 15 is 0 Å². The number of nitrogens with one attached hydrogen (secondary N) is 2. The van der Waals surface area contributed by atoms with Crippen LogP contribution in [0.25, 0.3) is 0 Å². The molecule has 2 rings (SSSR count). The van der Waals surface area contributed by atoms with Crippen molar-refractivity contribution in [3.8, 4) is 5.88 Å². The molecule has 132 valence electrons. The van der Waals surface area contributed by atoms with Crippen molar-refractivity contribution >= 4 is 11.8 Å². The molecule has 0 radical (unpaired) electrons. The molecule has 0 spiro atoms. The maximum Gasteiger partial charge on any atom is 0.253 e. The number of aromatic nitrogens is 1. The van der Waals surface area contributed by atoms with E-state index in [1.807, 2.05) is 0 Å². The van der Waals surface area contributed by atoms with Crippen LogP contribution in [0, 0.1) is 5.92 Å². The summed E-state index contributed by atoms with van der Waals surface area (Å²) in [6, 6.07) is 3.17. The van der Waals surface area contributed by atoms with E-state index in [1.54, 1.807) is 19.2 Å². The zero-order valence-electron chi connectivity index (χ0n) is 14.2. The molecule has 1 aliphatic carbocycles. The number of amides is 2. The zero-order valence-corrected chi connectivity index (χ0v) is 14.2. The molecule has 2 amide bonds. The Hall–Kier alpha value is -2.15. The summed E-state index contributed by atoms with van der Waals surface area (Å²) in [5, 5.41) is 5.88. The summed E-state index contributed by atoms with van der Waals surface area (Å²) in [7, 11) is 3.16. The van der Waals surface area contributed by atoms with Crippen molar-refractivity contribution in [1.29, 1.82) is 0 Å². The molecule has 0 aromatic carbocycles. The fourth-order valence-corrected chi connectivity index (χ4v) is 2.89. The van der Waals surface area contributed by atoms with Gasteiger partial charge in [0.1, 0.15) is 0 Å². The number of hydrogen-bond acceptors (Lipinski definition) is 5. The second kappa shape index (κ2) is 9.22. The predicted molar refractivity (Wildman–Crippen MR) is 88.9 cm³/mol. The Balaban J connectivity index is 1.87. The molecule has 0 aliphatic heterocycles. The summed E-state index contributed by atoms with van der Waals surface area (Å²) >= 11 is 0. The summed E-state index contributed by atoms with van der Waals surface area (Å²) in [5.41, 5.74) is 0.460. The van der Waals surface area contributed by atoms with Gasteiger partial charge in [-0.1, -0.05) is 6.42 Å². The van der Waals surface area contributed by atoms with Crippen LogP contribution in [-0.4, -0.2) is 50.2 Å². The minimum atomic E-state index is -0.214. The van der Waals surface area contributed by atoms with Gasteiger partial charge in [-0.3, -0.25) is 9.59 Å². The maximum absolute atomic E-state index is 12.3. The number of carbonyl (C=O) groups is 2. The van der Waals surface area contributed by atoms with Crippen molar-refractivity contribution < 1.29 is 19.1 Å². The topological polar surface area (TPSA) is 89.6 Å². The number of rotatable bonds is 8. The Bertz CT molecular complexity index is 547. The van der Waals surface area contributed by atoms with Crippen LogP contribution in [0.4, 0.5) is 0 Å². The molecule has 1 aromatic heterocycles. The SMILES string of the molecule is COCCCNC(=O)[C@H]1CCC[C@H]1NC(=O)c1ccc(OC)nc1. The Kier molecular flexibility index (Phi) is 6.99. The molecule has 1 saturated carbocycles. The quantitative estimate of drug-likeness (QED) is 0.696. The molecule has 7 heteroatoms. The highest BCUT2D eigenvalue weighted by atomic mass is 16.5. The minimum absolute atomic E-state index is 0.00163. The van der Waals surface area contributed by atoms with Crippen molar-refractivity contribution in [3.63, 3.8) is 0 Å². The molecule has 0 unspecified atom stereocenters. The van der Waals surface area contributed by atoms with Gasteiger partial charge in [-0.2, -0.15) is 0 Å². The van der Waals surface area contributed by atoms with Gasteiger partial charge in [0, 0.05) is 38.6 Å². The molecule has 1 fully saturated rings. The standard InChI is InChI=1S/C17H25N3O4/c1-23-10-4-9-18-17(22)13-5-3-6-14(13)20-16(21)12-7-8-15(24-2)19-11-12/h7-8,11,13-14H,3-6,9-10H2,1-2H3,(H,18,22)(H,20,21)/t13-,14+/m0/s1. The Morgan fingerprint density at radius 3 is 2.79 bits per heavy atom. The molecule has 24 heavy (non-hydrogen) atoms. The second-order valence-electron chi connectivity index (χ2n) is 5.84. The summed E-state index contributed by atoms with van der Waals surface area (Å²) in [6.07, 6.45) is 4.79. The summed E-state index contributed by atoms with van der Waals surface area (Å²) < 4.78 is 9.95. The lowest BCUT2D eigenvalue weighted by Crippen LogP contribution is -2.44. The fraction of sp³-hybridized carbons (Fsp3) is 0.588. The average molecular weight is 335 g/mol. The first-order chi connectivity index (χ1) is 11.7. The molecule has 0 bridgehead atoms. The number of ether oxygens (including phenoxy) is 2. The van der Waals surface area contributed by atoms with E-state index in [0.717, 1.165) is 25.7 Å². The van der Waals surface area contributed by atoms with E-state index in [4.69, 9.17) is 9.47 Å². The van der Waals surface area contributed by atoms with Crippen LogP contribution in [-0.2, 0) is 9.53 Å². The van der Waals surface area contributed by atoms with Gasteiger partial charge >= 0.3 is 0 Å². The molecular weight excluding hydrogens is 310 g/mol. The highest BCUT2D eigenvalue weighted by Gasteiger charge is 2.33. The molecule has 1 heterocycles. The zero-order chi connectivity index (χ0) is 17.4. The lowest BCUT2D eigenvalue weighted by molar-refractivity contribution is -0.125. The normalized spacial score (nSPS) is 19.8. The summed E-state index contributed by atoms with van der Waals surface area (Å²) in [4.78, 5) is 28.6. The third-order valence-electron chi connectivity index (χ3n) is 4.20. The van der Waals surface area contributed by atoms with E-state index in [0.29, 0.717) is 24.6 Å². The molecule has 1 aliphatic rings. The molecular formula is C17H25N3O4. The maximum atomic E-state index is 12.3. The van der Waals surface area contributed by atoms with Crippen molar-refractivity contribution in [2.24, 2.45) is 5.92 Å². The average Bonchev–Trinajstić information content (AvgIpc) is 3.06. The lowest BCUT2D eigenvalue weighted by atomic mass is 10.0. The van der Waals surface area contributed by atoms with Gasteiger partial charge in [-0.05, 0) is 25.3 Å². The third kappa shape index (κ3) is 4.92. The highest BCUT2D eigenvalue weighted by Crippen LogP contribution is 2.26. The van der Waals surface area contributed by atoms with Gasteiger partial charge in [-0.15, -0.1) is 0 Å². The van der Waals surface area contributed by atoms with Crippen molar-refractivity contribution in [3.05, 3.63) is 23.9 Å². The Morgan fingerprint density at radius 1 is 1.29 bits per heavy atom. The summed E-state index contributed by atoms with van der Waals surface area (Å²) in [6.45, 7) is 1.21. The van der Waals surface area contributed by atoms with Gasteiger partial charge in [0.15, 0.2) is 0 Å². The van der Waals surface area contributed by atoms with Crippen LogP contribution in [0.1, 0.15) is 36.0 Å². The Labute approximate surface area is 142 Å². The minimum Gasteiger partial charge on any atom is -0.481 e. The van der Waals surface area contributed by atoms with E-state index in [2.05, 4.69) is 15.6 Å². The van der Waals surface area contributed by atoms with Crippen LogP contribution >= 0.6 is 0 Å². The van der Waals surface area contributed by atoms with Crippen LogP contribution in [0.3, 0.4) is 0 Å². The van der Waals surface area contributed by atoms with Gasteiger partial charge in [0.05, 0.1) is 18.6 Å². The first-order valence-electron chi connectivity index (χ1n) is 8.23. The number of hydrogen-bond donors (Lipinski definition) is 2. The van der Waals surface area contributed by atoms with E-state index in [9.17, 15) is 9.59 Å². The van der Waals surface area contributed by atoms with Crippen LogP contribution in [0.15, 0.2) is 18.3 Å². The van der Waals surface area contributed by atoms with Crippen molar-refractivity contribution in [1.82, 2.24) is 15.6 Å². The van der Waals surface area contributed by atoms with Gasteiger partial charge < -0.3 is 20.1 Å². The predicted octanol–water partition coefficient (Wildman–Crippen LogP) is 1.14. The first kappa shape index (κ1) is 18.2. The van der Waals surface area contributed by atoms with Gasteiger partial charge in [0.25, 0.3) is 5.91 Å². The monoisotopic (exact) mass is 335 g/mol. The number of carbonyl (C=O) groups excluding carboxylic acids is 2. The fourth-order valence-electron chi connectivity index (χ4n) is 2.89.